The number of halogens is 1. The summed E-state index contributed by atoms with van der Waals surface area (Å²) in [5.41, 5.74) is 0.370. The fourth-order valence-electron chi connectivity index (χ4n) is 2.50. The molecule has 1 aromatic carbocycles. The van der Waals surface area contributed by atoms with Crippen LogP contribution in [0, 0.1) is 0 Å². The topological polar surface area (TPSA) is 75.2 Å². The molecule has 110 valence electrons. The highest BCUT2D eigenvalue weighted by Crippen LogP contribution is 2.25. The first kappa shape index (κ1) is 14.1. The minimum Gasteiger partial charge on any atom is -0.493 e. The van der Waals surface area contributed by atoms with Crippen molar-refractivity contribution in [3.63, 3.8) is 0 Å². The number of hydrogen-bond donors (Lipinski definition) is 2. The van der Waals surface area contributed by atoms with Crippen LogP contribution in [0.2, 0.25) is 5.02 Å². The van der Waals surface area contributed by atoms with E-state index in [0.717, 1.165) is 19.4 Å². The highest BCUT2D eigenvalue weighted by atomic mass is 35.5. The summed E-state index contributed by atoms with van der Waals surface area (Å²) in [7, 11) is 0. The predicted molar refractivity (Wildman–Crippen MR) is 79.6 cm³/mol. The van der Waals surface area contributed by atoms with Crippen LogP contribution in [0.15, 0.2) is 29.1 Å². The maximum absolute atomic E-state index is 12.2. The quantitative estimate of drug-likeness (QED) is 0.913. The van der Waals surface area contributed by atoms with Crippen LogP contribution in [-0.4, -0.2) is 27.8 Å². The first-order valence-electron chi connectivity index (χ1n) is 6.83. The number of nitrogens with zero attached hydrogens (tertiary/aromatic N) is 1. The summed E-state index contributed by atoms with van der Waals surface area (Å²) in [6, 6.07) is 6.67. The van der Waals surface area contributed by atoms with Crippen molar-refractivity contribution in [2.45, 2.75) is 25.4 Å². The second-order valence-electron chi connectivity index (χ2n) is 5.06. The zero-order valence-electron chi connectivity index (χ0n) is 11.3. The van der Waals surface area contributed by atoms with Crippen molar-refractivity contribution in [2.24, 2.45) is 0 Å². The van der Waals surface area contributed by atoms with Gasteiger partial charge in [0.1, 0.15) is 11.4 Å². The lowest BCUT2D eigenvalue weighted by atomic mass is 10.1. The summed E-state index contributed by atoms with van der Waals surface area (Å²) < 4.78 is 5.51. The van der Waals surface area contributed by atoms with Crippen LogP contribution < -0.4 is 5.56 Å². The molecular formula is C15H15ClN2O3. The summed E-state index contributed by atoms with van der Waals surface area (Å²) in [6.45, 7) is 0.740. The van der Waals surface area contributed by atoms with E-state index in [2.05, 4.69) is 9.97 Å². The molecule has 21 heavy (non-hydrogen) atoms. The number of aromatic nitrogens is 2. The third-order valence-corrected chi connectivity index (χ3v) is 3.78. The molecule has 2 aromatic rings. The Bertz CT molecular complexity index is 691. The largest absolute Gasteiger partial charge is 0.493 e. The molecule has 1 aromatic heterocycles. The number of ether oxygens (including phenoxy) is 1. The van der Waals surface area contributed by atoms with Crippen molar-refractivity contribution in [1.29, 1.82) is 0 Å². The molecule has 1 saturated heterocycles. The lowest BCUT2D eigenvalue weighted by Gasteiger charge is -2.10. The fraction of sp³-hybridized carbons (Fsp3) is 0.333. The second kappa shape index (κ2) is 5.87. The van der Waals surface area contributed by atoms with Gasteiger partial charge in [-0.25, -0.2) is 0 Å². The second-order valence-corrected chi connectivity index (χ2v) is 5.49. The van der Waals surface area contributed by atoms with Crippen molar-refractivity contribution in [2.75, 3.05) is 6.61 Å². The Morgan fingerprint density at radius 1 is 1.38 bits per heavy atom. The van der Waals surface area contributed by atoms with Crippen molar-refractivity contribution in [3.05, 3.63) is 45.5 Å². The van der Waals surface area contributed by atoms with E-state index in [1.54, 1.807) is 24.3 Å². The normalized spacial score (nSPS) is 18.0. The number of benzene rings is 1. The van der Waals surface area contributed by atoms with Gasteiger partial charge in [0, 0.05) is 18.1 Å². The van der Waals surface area contributed by atoms with Crippen molar-refractivity contribution < 1.29 is 9.84 Å². The van der Waals surface area contributed by atoms with E-state index in [1.807, 2.05) is 0 Å². The molecule has 1 aliphatic heterocycles. The van der Waals surface area contributed by atoms with Crippen molar-refractivity contribution >= 4 is 11.6 Å². The molecule has 0 aliphatic carbocycles. The van der Waals surface area contributed by atoms with Gasteiger partial charge < -0.3 is 14.8 Å². The molecule has 0 amide bonds. The van der Waals surface area contributed by atoms with E-state index in [1.165, 1.54) is 0 Å². The Balaban J connectivity index is 1.92. The molecule has 1 unspecified atom stereocenters. The highest BCUT2D eigenvalue weighted by Gasteiger charge is 2.19. The number of nitrogens with one attached hydrogen (secondary N) is 1. The van der Waals surface area contributed by atoms with Crippen LogP contribution in [0.25, 0.3) is 11.1 Å². The first-order chi connectivity index (χ1) is 10.1. The van der Waals surface area contributed by atoms with E-state index in [9.17, 15) is 9.90 Å². The molecular weight excluding hydrogens is 292 g/mol. The molecule has 6 heteroatoms. The number of aromatic amines is 1. The fourth-order valence-corrected chi connectivity index (χ4v) is 2.63. The summed E-state index contributed by atoms with van der Waals surface area (Å²) >= 11 is 5.82. The van der Waals surface area contributed by atoms with Crippen LogP contribution >= 0.6 is 11.6 Å². The van der Waals surface area contributed by atoms with Gasteiger partial charge in [0.2, 0.25) is 5.88 Å². The molecule has 1 fully saturated rings. The number of hydrogen-bond acceptors (Lipinski definition) is 4. The number of H-pyrrole nitrogens is 1. The van der Waals surface area contributed by atoms with E-state index in [0.29, 0.717) is 22.8 Å². The third-order valence-electron chi connectivity index (χ3n) is 3.53. The molecule has 1 aliphatic rings. The minimum atomic E-state index is -0.363. The number of aromatic hydroxyl groups is 1. The van der Waals surface area contributed by atoms with Gasteiger partial charge in [0.05, 0.1) is 6.10 Å². The van der Waals surface area contributed by atoms with Gasteiger partial charge in [0.25, 0.3) is 5.56 Å². The van der Waals surface area contributed by atoms with Gasteiger partial charge in [-0.3, -0.25) is 4.79 Å². The SMILES string of the molecule is O=c1[nH]c(CC2CCCO2)nc(O)c1-c1ccc(Cl)cc1. The molecule has 5 nitrogen and oxygen atoms in total. The predicted octanol–water partition coefficient (Wildman–Crippen LogP) is 2.52. The van der Waals surface area contributed by atoms with Crippen molar-refractivity contribution in [3.8, 4) is 17.0 Å². The van der Waals surface area contributed by atoms with Crippen LogP contribution in [0.4, 0.5) is 0 Å². The highest BCUT2D eigenvalue weighted by molar-refractivity contribution is 6.30. The molecule has 2 N–H and O–H groups in total. The molecule has 0 bridgehead atoms. The van der Waals surface area contributed by atoms with Crippen LogP contribution in [-0.2, 0) is 11.2 Å². The molecule has 3 rings (SSSR count). The lowest BCUT2D eigenvalue weighted by Crippen LogP contribution is -2.18. The molecule has 0 spiro atoms. The summed E-state index contributed by atoms with van der Waals surface area (Å²) in [4.78, 5) is 19.0. The van der Waals surface area contributed by atoms with Gasteiger partial charge in [-0.1, -0.05) is 23.7 Å². The average molecular weight is 307 g/mol. The maximum Gasteiger partial charge on any atom is 0.262 e. The Morgan fingerprint density at radius 2 is 2.14 bits per heavy atom. The van der Waals surface area contributed by atoms with Gasteiger partial charge in [-0.05, 0) is 30.5 Å². The smallest absolute Gasteiger partial charge is 0.262 e. The van der Waals surface area contributed by atoms with Crippen LogP contribution in [0.3, 0.4) is 0 Å². The number of rotatable bonds is 3. The lowest BCUT2D eigenvalue weighted by molar-refractivity contribution is 0.109. The van der Waals surface area contributed by atoms with Crippen molar-refractivity contribution in [1.82, 2.24) is 9.97 Å². The van der Waals surface area contributed by atoms with Gasteiger partial charge >= 0.3 is 0 Å². The zero-order chi connectivity index (χ0) is 14.8. The Hall–Kier alpha value is -1.85. The maximum atomic E-state index is 12.2. The third kappa shape index (κ3) is 3.09. The van der Waals surface area contributed by atoms with Crippen LogP contribution in [0.5, 0.6) is 5.88 Å². The Kier molecular flexibility index (Phi) is 3.94. The zero-order valence-corrected chi connectivity index (χ0v) is 12.1. The standard InChI is InChI=1S/C15H15ClN2O3/c16-10-5-3-9(4-6-10)13-14(19)17-12(18-15(13)20)8-11-2-1-7-21-11/h3-6,11H,1-2,7-8H2,(H2,17,18,19,20). The summed E-state index contributed by atoms with van der Waals surface area (Å²) in [6.07, 6.45) is 2.53. The first-order valence-corrected chi connectivity index (χ1v) is 7.21. The van der Waals surface area contributed by atoms with Gasteiger partial charge in [-0.2, -0.15) is 4.98 Å². The monoisotopic (exact) mass is 306 g/mol. The van der Waals surface area contributed by atoms with Crippen LogP contribution in [0.1, 0.15) is 18.7 Å². The summed E-state index contributed by atoms with van der Waals surface area (Å²) in [5, 5.41) is 10.6. The Morgan fingerprint density at radius 3 is 2.76 bits per heavy atom. The average Bonchev–Trinajstić information content (AvgIpc) is 2.93. The van der Waals surface area contributed by atoms with E-state index < -0.39 is 0 Å². The summed E-state index contributed by atoms with van der Waals surface area (Å²) in [5.74, 6) is 0.177. The van der Waals surface area contributed by atoms with Gasteiger partial charge in [0.15, 0.2) is 0 Å². The molecule has 1 atom stereocenters. The van der Waals surface area contributed by atoms with E-state index >= 15 is 0 Å². The minimum absolute atomic E-state index is 0.0638. The Labute approximate surface area is 126 Å². The van der Waals surface area contributed by atoms with E-state index in [-0.39, 0.29) is 23.1 Å². The van der Waals surface area contributed by atoms with Gasteiger partial charge in [-0.15, -0.1) is 0 Å². The van der Waals surface area contributed by atoms with E-state index in [4.69, 9.17) is 16.3 Å². The molecule has 2 heterocycles. The molecule has 0 radical (unpaired) electrons. The molecule has 0 saturated carbocycles.